The quantitative estimate of drug-likeness (QED) is 0.651. The van der Waals surface area contributed by atoms with Crippen LogP contribution < -0.4 is 0 Å². The molecule has 0 saturated carbocycles. The van der Waals surface area contributed by atoms with Gasteiger partial charge in [-0.25, -0.2) is 4.79 Å². The summed E-state index contributed by atoms with van der Waals surface area (Å²) in [5.41, 5.74) is 2.60. The predicted molar refractivity (Wildman–Crippen MR) is 83.4 cm³/mol. The molecule has 1 unspecified atom stereocenters. The van der Waals surface area contributed by atoms with Crippen LogP contribution in [0.4, 0.5) is 4.79 Å². The van der Waals surface area contributed by atoms with Crippen LogP contribution >= 0.6 is 0 Å². The third-order valence-electron chi connectivity index (χ3n) is 4.29. The molecule has 2 aliphatic heterocycles. The molecule has 0 aromatic rings. The van der Waals surface area contributed by atoms with Gasteiger partial charge in [0.1, 0.15) is 0 Å². The molecule has 0 bridgehead atoms. The number of allylic oxidation sites excluding steroid dienone is 3. The first-order valence-corrected chi connectivity index (χ1v) is 8.23. The number of rotatable bonds is 0. The Balaban J connectivity index is 0.000000704. The van der Waals surface area contributed by atoms with Gasteiger partial charge in [0.2, 0.25) is 0 Å². The maximum absolute atomic E-state index is 12.5. The third-order valence-corrected chi connectivity index (χ3v) is 4.29. The van der Waals surface area contributed by atoms with Crippen LogP contribution in [0.1, 0.15) is 52.9 Å². The molecule has 20 heavy (non-hydrogen) atoms. The Kier molecular flexibility index (Phi) is 5.27. The number of hydrogen-bond donors (Lipinski definition) is 0. The van der Waals surface area contributed by atoms with E-state index >= 15 is 0 Å². The Hall–Kier alpha value is -1.25. The average molecular weight is 276 g/mol. The summed E-state index contributed by atoms with van der Waals surface area (Å²) in [6.45, 7) is 9.01. The van der Waals surface area contributed by atoms with E-state index in [0.717, 1.165) is 45.3 Å². The van der Waals surface area contributed by atoms with E-state index in [9.17, 15) is 4.79 Å². The van der Waals surface area contributed by atoms with E-state index < -0.39 is 0 Å². The number of urea groups is 1. The first-order valence-electron chi connectivity index (χ1n) is 8.23. The molecule has 0 aromatic heterocycles. The van der Waals surface area contributed by atoms with E-state index in [1.807, 2.05) is 23.6 Å². The van der Waals surface area contributed by atoms with Crippen LogP contribution in [-0.2, 0) is 0 Å². The lowest BCUT2D eigenvalue weighted by Crippen LogP contribution is -2.39. The van der Waals surface area contributed by atoms with Gasteiger partial charge in [0, 0.05) is 25.3 Å². The van der Waals surface area contributed by atoms with Gasteiger partial charge in [-0.15, -0.1) is 0 Å². The Morgan fingerprint density at radius 1 is 1.20 bits per heavy atom. The molecule has 3 heteroatoms. The molecule has 112 valence electrons. The Labute approximate surface area is 123 Å². The van der Waals surface area contributed by atoms with Crippen LogP contribution in [0.15, 0.2) is 23.4 Å². The fourth-order valence-electron chi connectivity index (χ4n) is 3.21. The summed E-state index contributed by atoms with van der Waals surface area (Å²) < 4.78 is 0. The molecule has 1 aliphatic carbocycles. The first-order chi connectivity index (χ1) is 9.75. The van der Waals surface area contributed by atoms with Gasteiger partial charge in [0.15, 0.2) is 0 Å². The Bertz CT molecular complexity index is 405. The van der Waals surface area contributed by atoms with E-state index in [-0.39, 0.29) is 6.03 Å². The molecule has 2 heterocycles. The van der Waals surface area contributed by atoms with E-state index in [4.69, 9.17) is 0 Å². The summed E-state index contributed by atoms with van der Waals surface area (Å²) in [6.07, 6.45) is 10.4. The molecule has 1 atom stereocenters. The smallest absolute Gasteiger partial charge is 0.324 e. The maximum Gasteiger partial charge on any atom is 0.324 e. The van der Waals surface area contributed by atoms with Crippen molar-refractivity contribution in [1.82, 2.24) is 9.80 Å². The topological polar surface area (TPSA) is 23.6 Å². The van der Waals surface area contributed by atoms with Crippen molar-refractivity contribution < 1.29 is 4.79 Å². The van der Waals surface area contributed by atoms with Crippen molar-refractivity contribution in [3.8, 4) is 0 Å². The molecule has 0 radical (unpaired) electrons. The van der Waals surface area contributed by atoms with Gasteiger partial charge in [0.05, 0.1) is 0 Å². The molecule has 0 aromatic carbocycles. The van der Waals surface area contributed by atoms with Crippen LogP contribution in [-0.4, -0.2) is 35.5 Å². The minimum atomic E-state index is 0.233. The summed E-state index contributed by atoms with van der Waals surface area (Å²) in [7, 11) is 0. The summed E-state index contributed by atoms with van der Waals surface area (Å²) in [5.74, 6) is 0.584. The van der Waals surface area contributed by atoms with Crippen LogP contribution in [0, 0.1) is 5.92 Å². The molecule has 3 rings (SSSR count). The number of carbonyl (C=O) groups excluding carboxylic acids is 1. The lowest BCUT2D eigenvalue weighted by molar-refractivity contribution is 0.181. The fourth-order valence-corrected chi connectivity index (χ4v) is 3.21. The van der Waals surface area contributed by atoms with Crippen LogP contribution in [0.25, 0.3) is 0 Å². The van der Waals surface area contributed by atoms with Crippen molar-refractivity contribution in [2.45, 2.75) is 52.9 Å². The van der Waals surface area contributed by atoms with Crippen molar-refractivity contribution in [1.29, 1.82) is 0 Å². The van der Waals surface area contributed by atoms with Gasteiger partial charge in [-0.1, -0.05) is 32.9 Å². The van der Waals surface area contributed by atoms with Crippen molar-refractivity contribution in [3.63, 3.8) is 0 Å². The number of hydrogen-bond acceptors (Lipinski definition) is 1. The van der Waals surface area contributed by atoms with E-state index in [0.29, 0.717) is 5.92 Å². The van der Waals surface area contributed by atoms with E-state index in [2.05, 4.69) is 19.1 Å². The summed E-state index contributed by atoms with van der Waals surface area (Å²) in [5, 5.41) is 0. The van der Waals surface area contributed by atoms with Crippen molar-refractivity contribution in [2.75, 3.05) is 19.6 Å². The zero-order valence-electron chi connectivity index (χ0n) is 13.2. The summed E-state index contributed by atoms with van der Waals surface area (Å²) in [4.78, 5) is 16.5. The first kappa shape index (κ1) is 15.1. The van der Waals surface area contributed by atoms with Crippen molar-refractivity contribution in [3.05, 3.63) is 23.4 Å². The minimum absolute atomic E-state index is 0.233. The number of likely N-dealkylation sites (tertiary alicyclic amines) is 2. The molecule has 2 fully saturated rings. The summed E-state index contributed by atoms with van der Waals surface area (Å²) >= 11 is 0. The second-order valence-corrected chi connectivity index (χ2v) is 5.71. The fraction of sp³-hybridized carbons (Fsp3) is 0.706. The normalized spacial score (nSPS) is 25.2. The number of fused-ring (bicyclic) bond motifs is 1. The highest BCUT2D eigenvalue weighted by molar-refractivity contribution is 5.78. The monoisotopic (exact) mass is 276 g/mol. The highest BCUT2D eigenvalue weighted by Gasteiger charge is 2.32. The highest BCUT2D eigenvalue weighted by atomic mass is 16.2. The van der Waals surface area contributed by atoms with Crippen LogP contribution in [0.5, 0.6) is 0 Å². The largest absolute Gasteiger partial charge is 0.324 e. The van der Waals surface area contributed by atoms with Crippen molar-refractivity contribution >= 4 is 6.03 Å². The molecule has 2 amide bonds. The molecule has 0 spiro atoms. The molecule has 3 aliphatic rings. The zero-order chi connectivity index (χ0) is 14.5. The second-order valence-electron chi connectivity index (χ2n) is 5.71. The number of nitrogens with zero attached hydrogens (tertiary/aromatic N) is 2. The predicted octanol–water partition coefficient (Wildman–Crippen LogP) is 4.17. The number of carbonyl (C=O) groups is 1. The average Bonchev–Trinajstić information content (AvgIpc) is 3.08. The second kappa shape index (κ2) is 6.96. The van der Waals surface area contributed by atoms with Gasteiger partial charge < -0.3 is 4.90 Å². The Morgan fingerprint density at radius 2 is 1.90 bits per heavy atom. The SMILES string of the molecule is CC.CC1C=C2C(=CCC1)CCN2C(=O)N1CCCC1. The molecular formula is C17H28N2O. The van der Waals surface area contributed by atoms with Crippen LogP contribution in [0.3, 0.4) is 0 Å². The van der Waals surface area contributed by atoms with Gasteiger partial charge in [-0.3, -0.25) is 4.90 Å². The third kappa shape index (κ3) is 3.08. The van der Waals surface area contributed by atoms with E-state index in [1.165, 1.54) is 17.7 Å². The lowest BCUT2D eigenvalue weighted by atomic mass is 10.1. The lowest BCUT2D eigenvalue weighted by Gasteiger charge is -2.25. The van der Waals surface area contributed by atoms with Crippen molar-refractivity contribution in [2.24, 2.45) is 5.92 Å². The van der Waals surface area contributed by atoms with Gasteiger partial charge in [0.25, 0.3) is 0 Å². The molecule has 0 N–H and O–H groups in total. The summed E-state index contributed by atoms with van der Waals surface area (Å²) in [6, 6.07) is 0.233. The van der Waals surface area contributed by atoms with Crippen LogP contribution in [0.2, 0.25) is 0 Å². The maximum atomic E-state index is 12.5. The van der Waals surface area contributed by atoms with Gasteiger partial charge >= 0.3 is 6.03 Å². The Morgan fingerprint density at radius 3 is 2.60 bits per heavy atom. The zero-order valence-corrected chi connectivity index (χ0v) is 13.2. The standard InChI is InChI=1S/C15H22N2O.C2H6/c1-12-5-4-6-13-7-10-17(14(13)11-12)15(18)16-8-2-3-9-16;1-2/h6,11-12H,2-5,7-10H2,1H3;1-2H3. The van der Waals surface area contributed by atoms with E-state index in [1.54, 1.807) is 0 Å². The highest BCUT2D eigenvalue weighted by Crippen LogP contribution is 2.33. The number of amides is 2. The molecule has 2 saturated heterocycles. The van der Waals surface area contributed by atoms with Gasteiger partial charge in [-0.2, -0.15) is 0 Å². The molecular weight excluding hydrogens is 248 g/mol. The molecule has 3 nitrogen and oxygen atoms in total. The van der Waals surface area contributed by atoms with Gasteiger partial charge in [-0.05, 0) is 43.6 Å². The minimum Gasteiger partial charge on any atom is -0.324 e.